The van der Waals surface area contributed by atoms with Crippen LogP contribution in [0.2, 0.25) is 0 Å². The van der Waals surface area contributed by atoms with E-state index in [9.17, 15) is 8.42 Å². The van der Waals surface area contributed by atoms with E-state index in [0.717, 1.165) is 5.06 Å². The van der Waals surface area contributed by atoms with Gasteiger partial charge in [-0.2, -0.15) is 17.8 Å². The summed E-state index contributed by atoms with van der Waals surface area (Å²) in [7, 11) is -0.955. The van der Waals surface area contributed by atoms with Crippen LogP contribution in [-0.4, -0.2) is 27.6 Å². The third-order valence-corrected chi connectivity index (χ3v) is 0.759. The molecule has 8 heavy (non-hydrogen) atoms. The van der Waals surface area contributed by atoms with Crippen LogP contribution in [0.4, 0.5) is 0 Å². The van der Waals surface area contributed by atoms with Crippen molar-refractivity contribution in [3.63, 3.8) is 0 Å². The van der Waals surface area contributed by atoms with Gasteiger partial charge in [-0.1, -0.05) is 0 Å². The lowest BCUT2D eigenvalue weighted by Gasteiger charge is -2.04. The van der Waals surface area contributed by atoms with Gasteiger partial charge in [-0.3, -0.25) is 0 Å². The molecule has 0 aromatic heterocycles. The van der Waals surface area contributed by atoms with Gasteiger partial charge in [-0.15, -0.1) is 0 Å². The third-order valence-electron chi connectivity index (χ3n) is 0.253. The zero-order chi connectivity index (χ0) is 6.78. The fraction of sp³-hybridized carbons (Fsp3) is 1.00. The quantitative estimate of drug-likeness (QED) is 0.483. The molecule has 0 aromatic carbocycles. The van der Waals surface area contributed by atoms with Crippen molar-refractivity contribution >= 4 is 10.3 Å². The van der Waals surface area contributed by atoms with Crippen LogP contribution < -0.4 is 5.14 Å². The molecule has 0 aliphatic heterocycles. The molecule has 0 rings (SSSR count). The van der Waals surface area contributed by atoms with Crippen LogP contribution in [0.1, 0.15) is 0 Å². The third kappa shape index (κ3) is 5.83. The predicted molar refractivity (Wildman–Crippen MR) is 27.9 cm³/mol. The molecule has 0 heterocycles. The van der Waals surface area contributed by atoms with Gasteiger partial charge in [0.2, 0.25) is 0 Å². The molecule has 0 saturated heterocycles. The minimum Gasteiger partial charge on any atom is -0.204 e. The summed E-state index contributed by atoms with van der Waals surface area (Å²) in [5.41, 5.74) is 0. The molecule has 0 spiro atoms. The number of hydrogen-bond acceptors (Lipinski definition) is 4. The molecule has 6 heteroatoms. The van der Waals surface area contributed by atoms with Crippen LogP contribution >= 0.6 is 0 Å². The first kappa shape index (κ1) is 7.83. The fourth-order valence-electron chi connectivity index (χ4n) is 0.208. The van der Waals surface area contributed by atoms with Gasteiger partial charge in [0.25, 0.3) is 0 Å². The first-order valence-corrected chi connectivity index (χ1v) is 3.28. The van der Waals surface area contributed by atoms with Crippen LogP contribution in [0, 0.1) is 0 Å². The lowest BCUT2D eigenvalue weighted by Crippen LogP contribution is -2.24. The minimum absolute atomic E-state index is 0.995. The molecule has 0 radical (unpaired) electrons. The molecule has 0 atom stereocenters. The van der Waals surface area contributed by atoms with Crippen molar-refractivity contribution in [1.82, 2.24) is 5.06 Å². The maximum atomic E-state index is 9.96. The van der Waals surface area contributed by atoms with Crippen LogP contribution in [-0.2, 0) is 14.6 Å². The van der Waals surface area contributed by atoms with Crippen molar-refractivity contribution in [1.29, 1.82) is 0 Å². The standard InChI is InChI=1S/C2H8N2O3S/c1-4(2)7-8(3,5)6/h1-2H3,(H2,3,5,6). The van der Waals surface area contributed by atoms with E-state index in [4.69, 9.17) is 0 Å². The summed E-state index contributed by atoms with van der Waals surface area (Å²) in [6.45, 7) is 0. The lowest BCUT2D eigenvalue weighted by atomic mass is 11.2. The zero-order valence-corrected chi connectivity index (χ0v) is 5.47. The summed E-state index contributed by atoms with van der Waals surface area (Å²) in [6.07, 6.45) is 0. The molecule has 0 aliphatic carbocycles. The maximum absolute atomic E-state index is 9.96. The van der Waals surface area contributed by atoms with E-state index < -0.39 is 10.3 Å². The van der Waals surface area contributed by atoms with E-state index in [0.29, 0.717) is 0 Å². The normalized spacial score (nSPS) is 12.5. The van der Waals surface area contributed by atoms with Gasteiger partial charge in [-0.05, 0) is 0 Å². The van der Waals surface area contributed by atoms with Gasteiger partial charge >= 0.3 is 10.3 Å². The molecule has 0 bridgehead atoms. The second-order valence-corrected chi connectivity index (χ2v) is 2.51. The van der Waals surface area contributed by atoms with Gasteiger partial charge in [0, 0.05) is 14.1 Å². The summed E-state index contributed by atoms with van der Waals surface area (Å²) >= 11 is 0. The van der Waals surface area contributed by atoms with Crippen LogP contribution in [0.5, 0.6) is 0 Å². The molecular weight excluding hydrogens is 132 g/mol. The van der Waals surface area contributed by atoms with Gasteiger partial charge in [-0.25, -0.2) is 5.14 Å². The van der Waals surface area contributed by atoms with Crippen molar-refractivity contribution in [3.05, 3.63) is 0 Å². The average molecular weight is 140 g/mol. The van der Waals surface area contributed by atoms with Gasteiger partial charge < -0.3 is 0 Å². The first-order valence-electron chi connectivity index (χ1n) is 1.81. The smallest absolute Gasteiger partial charge is 0.204 e. The first-order chi connectivity index (χ1) is 3.42. The fourth-order valence-corrected chi connectivity index (χ4v) is 0.623. The molecule has 0 aliphatic rings. The summed E-state index contributed by atoms with van der Waals surface area (Å²) < 4.78 is 23.9. The SMILES string of the molecule is CN(C)OS(N)(=O)=O. The Balaban J connectivity index is 3.75. The Morgan fingerprint density at radius 2 is 1.88 bits per heavy atom. The highest BCUT2D eigenvalue weighted by Gasteiger charge is 2.01. The van der Waals surface area contributed by atoms with E-state index in [1.54, 1.807) is 0 Å². The Kier molecular flexibility index (Phi) is 2.35. The minimum atomic E-state index is -3.80. The van der Waals surface area contributed by atoms with E-state index in [2.05, 4.69) is 9.42 Å². The van der Waals surface area contributed by atoms with E-state index >= 15 is 0 Å². The van der Waals surface area contributed by atoms with Crippen molar-refractivity contribution < 1.29 is 12.7 Å². The van der Waals surface area contributed by atoms with Gasteiger partial charge in [0.15, 0.2) is 0 Å². The molecule has 0 saturated carbocycles. The molecule has 0 amide bonds. The molecule has 2 N–H and O–H groups in total. The number of hydrogen-bond donors (Lipinski definition) is 1. The van der Waals surface area contributed by atoms with E-state index in [1.165, 1.54) is 14.1 Å². The summed E-state index contributed by atoms with van der Waals surface area (Å²) in [5.74, 6) is 0. The highest BCUT2D eigenvalue weighted by molar-refractivity contribution is 7.84. The predicted octanol–water partition coefficient (Wildman–Crippen LogP) is -1.32. The highest BCUT2D eigenvalue weighted by atomic mass is 32.2. The Morgan fingerprint density at radius 3 is 1.88 bits per heavy atom. The maximum Gasteiger partial charge on any atom is 0.349 e. The number of nitrogens with two attached hydrogens (primary N) is 1. The zero-order valence-electron chi connectivity index (χ0n) is 4.66. The van der Waals surface area contributed by atoms with E-state index in [1.807, 2.05) is 0 Å². The van der Waals surface area contributed by atoms with Crippen molar-refractivity contribution in [2.24, 2.45) is 5.14 Å². The van der Waals surface area contributed by atoms with Crippen molar-refractivity contribution in [2.45, 2.75) is 0 Å². The van der Waals surface area contributed by atoms with Crippen LogP contribution in [0.25, 0.3) is 0 Å². The Bertz CT molecular complexity index is 149. The van der Waals surface area contributed by atoms with Crippen LogP contribution in [0.3, 0.4) is 0 Å². The highest BCUT2D eigenvalue weighted by Crippen LogP contribution is 1.82. The Hall–Kier alpha value is -0.170. The largest absolute Gasteiger partial charge is 0.349 e. The molecule has 0 aromatic rings. The van der Waals surface area contributed by atoms with Crippen LogP contribution in [0.15, 0.2) is 0 Å². The number of hydroxylamine groups is 2. The van der Waals surface area contributed by atoms with Gasteiger partial charge in [0.1, 0.15) is 0 Å². The van der Waals surface area contributed by atoms with Crippen molar-refractivity contribution in [2.75, 3.05) is 14.1 Å². The molecule has 50 valence electrons. The summed E-state index contributed by atoms with van der Waals surface area (Å²) in [6, 6.07) is 0. The molecule has 0 unspecified atom stereocenters. The average Bonchev–Trinajstić information content (AvgIpc) is 1.21. The van der Waals surface area contributed by atoms with Crippen molar-refractivity contribution in [3.8, 4) is 0 Å². The van der Waals surface area contributed by atoms with Gasteiger partial charge in [0.05, 0.1) is 0 Å². The second-order valence-electron chi connectivity index (χ2n) is 1.38. The molecule has 5 nitrogen and oxygen atoms in total. The second kappa shape index (κ2) is 2.40. The summed E-state index contributed by atoms with van der Waals surface area (Å²) in [4.78, 5) is 0. The van der Waals surface area contributed by atoms with E-state index in [-0.39, 0.29) is 0 Å². The summed E-state index contributed by atoms with van der Waals surface area (Å²) in [5, 5.41) is 5.44. The lowest BCUT2D eigenvalue weighted by molar-refractivity contribution is 0.00522. The Morgan fingerprint density at radius 1 is 1.50 bits per heavy atom. The number of nitrogens with zero attached hydrogens (tertiary/aromatic N) is 1. The Labute approximate surface area is 48.2 Å². The number of rotatable bonds is 2. The molecule has 0 fully saturated rings. The molecular formula is C2H8N2O3S. The monoisotopic (exact) mass is 140 g/mol. The topological polar surface area (TPSA) is 72.6 Å².